The summed E-state index contributed by atoms with van der Waals surface area (Å²) in [6.07, 6.45) is 1.37. The number of sulfonamides is 1. The molecule has 1 atom stereocenters. The first kappa shape index (κ1) is 28.4. The van der Waals surface area contributed by atoms with Gasteiger partial charge < -0.3 is 10.2 Å². The van der Waals surface area contributed by atoms with E-state index in [0.29, 0.717) is 5.69 Å². The summed E-state index contributed by atoms with van der Waals surface area (Å²) in [5, 5.41) is 2.67. The molecule has 3 rings (SSSR count). The molecular weight excluding hydrogens is 554 g/mol. The van der Waals surface area contributed by atoms with Crippen molar-refractivity contribution in [3.05, 3.63) is 99.5 Å². The lowest BCUT2D eigenvalue weighted by Gasteiger charge is -2.33. The Kier molecular flexibility index (Phi) is 9.50. The molecule has 3 aromatic rings. The van der Waals surface area contributed by atoms with Crippen molar-refractivity contribution in [1.82, 2.24) is 10.2 Å². The maximum Gasteiger partial charge on any atom is 0.244 e. The Morgan fingerprint density at radius 1 is 0.946 bits per heavy atom. The van der Waals surface area contributed by atoms with E-state index in [2.05, 4.69) is 21.2 Å². The maximum absolute atomic E-state index is 13.9. The van der Waals surface area contributed by atoms with Crippen LogP contribution in [0.5, 0.6) is 0 Å². The van der Waals surface area contributed by atoms with Gasteiger partial charge in [-0.15, -0.1) is 0 Å². The van der Waals surface area contributed by atoms with Crippen LogP contribution in [-0.2, 0) is 32.6 Å². The van der Waals surface area contributed by atoms with Crippen molar-refractivity contribution in [2.75, 3.05) is 24.2 Å². The Balaban J connectivity index is 2.04. The van der Waals surface area contributed by atoms with E-state index < -0.39 is 28.5 Å². The third-order valence-corrected chi connectivity index (χ3v) is 7.74. The van der Waals surface area contributed by atoms with E-state index in [1.54, 1.807) is 6.07 Å². The summed E-state index contributed by atoms with van der Waals surface area (Å²) in [5.74, 6) is -0.801. The monoisotopic (exact) mass is 585 g/mol. The van der Waals surface area contributed by atoms with E-state index >= 15 is 0 Å². The van der Waals surface area contributed by atoms with Crippen molar-refractivity contribution in [3.63, 3.8) is 0 Å². The number of nitrogens with one attached hydrogen (secondary N) is 1. The van der Waals surface area contributed by atoms with Crippen molar-refractivity contribution < 1.29 is 18.0 Å². The Morgan fingerprint density at radius 3 is 2.16 bits per heavy atom. The van der Waals surface area contributed by atoms with Crippen LogP contribution in [0.4, 0.5) is 5.69 Å². The van der Waals surface area contributed by atoms with Crippen LogP contribution in [0.1, 0.15) is 22.3 Å². The molecule has 9 heteroatoms. The minimum atomic E-state index is -3.79. The Bertz CT molecular complexity index is 1350. The van der Waals surface area contributed by atoms with Crippen LogP contribution < -0.4 is 9.62 Å². The zero-order valence-corrected chi connectivity index (χ0v) is 23.8. The number of carbonyl (C=O) groups excluding carboxylic acids is 2. The standard InChI is InChI=1S/C28H32BrN3O4S/c1-20-10-15-25(21(2)16-20)32(37(4,35)36)19-27(33)31(18-23-11-13-24(29)14-12-23)26(28(34)30-3)17-22-8-6-5-7-9-22/h5-16,26H,17-19H2,1-4H3,(H,30,34)/t26-/m1/s1. The van der Waals surface area contributed by atoms with Crippen LogP contribution >= 0.6 is 15.9 Å². The predicted octanol–water partition coefficient (Wildman–Crippen LogP) is 4.22. The van der Waals surface area contributed by atoms with Crippen molar-refractivity contribution in [2.45, 2.75) is 32.9 Å². The van der Waals surface area contributed by atoms with E-state index in [0.717, 1.165) is 37.3 Å². The largest absolute Gasteiger partial charge is 0.357 e. The molecule has 0 fully saturated rings. The third kappa shape index (κ3) is 7.66. The molecule has 3 aromatic carbocycles. The first-order valence-corrected chi connectivity index (χ1v) is 14.5. The number of halogens is 1. The number of anilines is 1. The number of nitrogens with zero attached hydrogens (tertiary/aromatic N) is 2. The molecule has 0 aliphatic carbocycles. The molecule has 7 nitrogen and oxygen atoms in total. The van der Waals surface area contributed by atoms with Crippen LogP contribution in [-0.4, -0.2) is 51.0 Å². The number of rotatable bonds is 10. The first-order valence-electron chi connectivity index (χ1n) is 11.8. The number of carbonyl (C=O) groups is 2. The molecule has 0 radical (unpaired) electrons. The number of hydrogen-bond donors (Lipinski definition) is 1. The highest BCUT2D eigenvalue weighted by Gasteiger charge is 2.32. The molecular formula is C28H32BrN3O4S. The lowest BCUT2D eigenvalue weighted by molar-refractivity contribution is -0.139. The summed E-state index contributed by atoms with van der Waals surface area (Å²) in [6.45, 7) is 3.45. The zero-order chi connectivity index (χ0) is 27.2. The van der Waals surface area contributed by atoms with Gasteiger partial charge in [-0.25, -0.2) is 8.42 Å². The van der Waals surface area contributed by atoms with Gasteiger partial charge in [0, 0.05) is 24.5 Å². The van der Waals surface area contributed by atoms with Gasteiger partial charge in [0.05, 0.1) is 11.9 Å². The fourth-order valence-electron chi connectivity index (χ4n) is 4.19. The zero-order valence-electron chi connectivity index (χ0n) is 21.4. The van der Waals surface area contributed by atoms with E-state index in [9.17, 15) is 18.0 Å². The molecule has 0 saturated carbocycles. The highest BCUT2D eigenvalue weighted by Crippen LogP contribution is 2.25. The average Bonchev–Trinajstić information content (AvgIpc) is 2.85. The van der Waals surface area contributed by atoms with Crippen LogP contribution in [0.2, 0.25) is 0 Å². The minimum absolute atomic E-state index is 0.140. The van der Waals surface area contributed by atoms with Crippen molar-refractivity contribution in [2.24, 2.45) is 0 Å². The van der Waals surface area contributed by atoms with Gasteiger partial charge in [-0.3, -0.25) is 13.9 Å². The van der Waals surface area contributed by atoms with E-state index in [4.69, 9.17) is 0 Å². The van der Waals surface area contributed by atoms with Crippen LogP contribution in [0.15, 0.2) is 77.3 Å². The molecule has 37 heavy (non-hydrogen) atoms. The molecule has 2 amide bonds. The van der Waals surface area contributed by atoms with Crippen LogP contribution in [0.3, 0.4) is 0 Å². The quantitative estimate of drug-likeness (QED) is 0.386. The van der Waals surface area contributed by atoms with Crippen molar-refractivity contribution >= 4 is 43.5 Å². The Morgan fingerprint density at radius 2 is 1.59 bits per heavy atom. The van der Waals surface area contributed by atoms with Gasteiger partial charge >= 0.3 is 0 Å². The summed E-state index contributed by atoms with van der Waals surface area (Å²) in [6, 6.07) is 21.5. The molecule has 0 heterocycles. The third-order valence-electron chi connectivity index (χ3n) is 6.08. The first-order chi connectivity index (χ1) is 17.5. The lowest BCUT2D eigenvalue weighted by atomic mass is 10.0. The highest BCUT2D eigenvalue weighted by molar-refractivity contribution is 9.10. The molecule has 0 aliphatic heterocycles. The number of benzene rings is 3. The summed E-state index contributed by atoms with van der Waals surface area (Å²) >= 11 is 3.42. The molecule has 0 spiro atoms. The SMILES string of the molecule is CNC(=O)[C@@H](Cc1ccccc1)N(Cc1ccc(Br)cc1)C(=O)CN(c1ccc(C)cc1C)S(C)(=O)=O. The normalized spacial score (nSPS) is 12.0. The minimum Gasteiger partial charge on any atom is -0.357 e. The van der Waals surface area contributed by atoms with Crippen LogP contribution in [0, 0.1) is 13.8 Å². The number of amides is 2. The number of hydrogen-bond acceptors (Lipinski definition) is 4. The molecule has 1 N–H and O–H groups in total. The van der Waals surface area contributed by atoms with Gasteiger partial charge in [-0.1, -0.05) is 76.1 Å². The molecule has 196 valence electrons. The summed E-state index contributed by atoms with van der Waals surface area (Å²) in [7, 11) is -2.26. The fourth-order valence-corrected chi connectivity index (χ4v) is 5.36. The van der Waals surface area contributed by atoms with Crippen molar-refractivity contribution in [1.29, 1.82) is 0 Å². The molecule has 0 unspecified atom stereocenters. The Hall–Kier alpha value is -3.17. The summed E-state index contributed by atoms with van der Waals surface area (Å²) in [5.41, 5.74) is 3.87. The van der Waals surface area contributed by atoms with Gasteiger partial charge in [-0.2, -0.15) is 0 Å². The van der Waals surface area contributed by atoms with Crippen LogP contribution in [0.25, 0.3) is 0 Å². The maximum atomic E-state index is 13.9. The van der Waals surface area contributed by atoms with Gasteiger partial charge in [0.2, 0.25) is 21.8 Å². The van der Waals surface area contributed by atoms with Crippen molar-refractivity contribution in [3.8, 4) is 0 Å². The number of likely N-dealkylation sites (N-methyl/N-ethyl adjacent to an activating group) is 1. The molecule has 0 saturated heterocycles. The molecule has 0 aliphatic rings. The average molecular weight is 587 g/mol. The van der Waals surface area contributed by atoms with Gasteiger partial charge in [0.15, 0.2) is 0 Å². The molecule has 0 bridgehead atoms. The van der Waals surface area contributed by atoms with E-state index in [1.165, 1.54) is 11.9 Å². The lowest BCUT2D eigenvalue weighted by Crippen LogP contribution is -2.53. The van der Waals surface area contributed by atoms with E-state index in [-0.39, 0.29) is 18.9 Å². The second kappa shape index (κ2) is 12.4. The summed E-state index contributed by atoms with van der Waals surface area (Å²) < 4.78 is 27.7. The Labute approximate surface area is 227 Å². The fraction of sp³-hybridized carbons (Fsp3) is 0.286. The van der Waals surface area contributed by atoms with Gasteiger partial charge in [0.1, 0.15) is 12.6 Å². The number of aryl methyl sites for hydroxylation is 2. The van der Waals surface area contributed by atoms with Gasteiger partial charge in [0.25, 0.3) is 0 Å². The second-order valence-electron chi connectivity index (χ2n) is 9.03. The van der Waals surface area contributed by atoms with Gasteiger partial charge in [-0.05, 0) is 48.7 Å². The van der Waals surface area contributed by atoms with E-state index in [1.807, 2.05) is 80.6 Å². The second-order valence-corrected chi connectivity index (χ2v) is 11.8. The smallest absolute Gasteiger partial charge is 0.244 e. The highest BCUT2D eigenvalue weighted by atomic mass is 79.9. The molecule has 0 aromatic heterocycles. The predicted molar refractivity (Wildman–Crippen MR) is 151 cm³/mol. The summed E-state index contributed by atoms with van der Waals surface area (Å²) in [4.78, 5) is 28.5. The topological polar surface area (TPSA) is 86.8 Å².